The van der Waals surface area contributed by atoms with Gasteiger partial charge in [0, 0.05) is 19.2 Å². The predicted molar refractivity (Wildman–Crippen MR) is 207 cm³/mol. The number of fused-ring (bicyclic) bond motifs is 2. The van der Waals surface area contributed by atoms with Gasteiger partial charge in [-0.2, -0.15) is 0 Å². The summed E-state index contributed by atoms with van der Waals surface area (Å²) in [5, 5.41) is 8.28. The summed E-state index contributed by atoms with van der Waals surface area (Å²) in [6.45, 7) is 0. The van der Waals surface area contributed by atoms with Crippen molar-refractivity contribution in [2.24, 2.45) is 0 Å². The highest BCUT2D eigenvalue weighted by atomic mass is 127. The van der Waals surface area contributed by atoms with Crippen molar-refractivity contribution >= 4 is 84.3 Å². The summed E-state index contributed by atoms with van der Waals surface area (Å²) in [5.41, 5.74) is 7.74. The number of aromatic nitrogens is 2. The van der Waals surface area contributed by atoms with Gasteiger partial charge in [0.25, 0.3) is 0 Å². The zero-order chi connectivity index (χ0) is 33.3. The van der Waals surface area contributed by atoms with Crippen molar-refractivity contribution in [1.82, 2.24) is 9.97 Å². The first-order valence-electron chi connectivity index (χ1n) is 14.7. The Morgan fingerprint density at radius 1 is 0.542 bits per heavy atom. The van der Waals surface area contributed by atoms with E-state index in [1.807, 2.05) is 121 Å². The zero-order valence-corrected chi connectivity index (χ0v) is 30.5. The topological polar surface area (TPSA) is 81.5 Å². The van der Waals surface area contributed by atoms with Crippen LogP contribution < -0.4 is 4.65 Å². The first-order chi connectivity index (χ1) is 23.5. The van der Waals surface area contributed by atoms with Gasteiger partial charge in [0.2, 0.25) is 11.8 Å². The zero-order valence-electron chi connectivity index (χ0n) is 25.1. The standard InChI is InChI=1S/C19H12BrNO.C13H8INO.C6H5BBrO2/c20-16-6-2-1-5-15(16)13-9-11-14(12-10-13)19-21-17-7-3-4-8-18(17)22-19;14-10-7-5-9(6-8-10)13-15-11-3-1-2-4-12(11)16-13;8-5-3-1-2-4-6(5)10-7-9/h1-12H;1-8H;1-4,9H. The molecule has 0 aliphatic rings. The van der Waals surface area contributed by atoms with Gasteiger partial charge in [-0.1, -0.05) is 82.7 Å². The van der Waals surface area contributed by atoms with Crippen molar-refractivity contribution in [3.05, 3.63) is 158 Å². The van der Waals surface area contributed by atoms with Crippen molar-refractivity contribution in [3.8, 4) is 39.8 Å². The largest absolute Gasteiger partial charge is 0.569 e. The summed E-state index contributed by atoms with van der Waals surface area (Å²) in [5.74, 6) is 1.93. The molecule has 1 radical (unpaired) electrons. The van der Waals surface area contributed by atoms with E-state index in [0.717, 1.165) is 47.8 Å². The van der Waals surface area contributed by atoms with Gasteiger partial charge in [-0.3, -0.25) is 0 Å². The Labute approximate surface area is 308 Å². The highest BCUT2D eigenvalue weighted by Gasteiger charge is 2.09. The van der Waals surface area contributed by atoms with Gasteiger partial charge in [-0.05, 0) is 129 Å². The minimum atomic E-state index is 0.602. The van der Waals surface area contributed by atoms with E-state index < -0.39 is 0 Å². The molecule has 0 amide bonds. The second-order valence-corrected chi connectivity index (χ2v) is 13.1. The Kier molecular flexibility index (Phi) is 11.4. The molecule has 0 spiro atoms. The predicted octanol–water partition coefficient (Wildman–Crippen LogP) is 11.4. The molecule has 10 heteroatoms. The van der Waals surface area contributed by atoms with E-state index in [-0.39, 0.29) is 0 Å². The molecular formula is C38H25BBr2IN2O4. The quantitative estimate of drug-likeness (QED) is 0.137. The third-order valence-electron chi connectivity index (χ3n) is 7.01. The van der Waals surface area contributed by atoms with Crippen molar-refractivity contribution in [2.75, 3.05) is 0 Å². The molecule has 2 aromatic heterocycles. The van der Waals surface area contributed by atoms with Gasteiger partial charge < -0.3 is 18.5 Å². The molecule has 6 nitrogen and oxygen atoms in total. The van der Waals surface area contributed by atoms with Gasteiger partial charge in [0.15, 0.2) is 11.2 Å². The summed E-state index contributed by atoms with van der Waals surface area (Å²) in [7, 11) is 0.653. The Morgan fingerprint density at radius 2 is 1.00 bits per heavy atom. The lowest BCUT2D eigenvalue weighted by Crippen LogP contribution is -1.99. The fourth-order valence-corrected chi connectivity index (χ4v) is 5.92. The number of rotatable bonds is 5. The maximum Gasteiger partial charge on any atom is 0.569 e. The lowest BCUT2D eigenvalue weighted by Gasteiger charge is -2.05. The Morgan fingerprint density at radius 3 is 1.52 bits per heavy atom. The van der Waals surface area contributed by atoms with Gasteiger partial charge >= 0.3 is 7.69 Å². The monoisotopic (exact) mass is 869 g/mol. The number of hydrogen-bond acceptors (Lipinski definition) is 6. The number of benzene rings is 6. The Bertz CT molecular complexity index is 2190. The number of halogens is 3. The van der Waals surface area contributed by atoms with Gasteiger partial charge in [0.1, 0.15) is 16.8 Å². The minimum Gasteiger partial charge on any atom is -0.537 e. The molecule has 0 fully saturated rings. The highest BCUT2D eigenvalue weighted by Crippen LogP contribution is 2.31. The minimum absolute atomic E-state index is 0.602. The fraction of sp³-hybridized carbons (Fsp3) is 0. The fourth-order valence-electron chi connectivity index (χ4n) is 4.67. The van der Waals surface area contributed by atoms with E-state index in [1.165, 1.54) is 9.13 Å². The van der Waals surface area contributed by atoms with E-state index in [1.54, 1.807) is 6.07 Å². The number of nitrogens with zero attached hydrogens (tertiary/aromatic N) is 2. The van der Waals surface area contributed by atoms with Crippen LogP contribution in [0.4, 0.5) is 0 Å². The number of oxazole rings is 2. The summed E-state index contributed by atoms with van der Waals surface area (Å²) < 4.78 is 19.3. The molecule has 235 valence electrons. The van der Waals surface area contributed by atoms with Crippen LogP contribution in [0.5, 0.6) is 5.75 Å². The molecule has 8 rings (SSSR count). The number of hydrogen-bond donors (Lipinski definition) is 1. The molecule has 0 saturated carbocycles. The van der Waals surface area contributed by atoms with Crippen molar-refractivity contribution in [1.29, 1.82) is 0 Å². The van der Waals surface area contributed by atoms with Crippen LogP contribution in [-0.4, -0.2) is 22.7 Å². The van der Waals surface area contributed by atoms with Crippen LogP contribution in [0.2, 0.25) is 0 Å². The first kappa shape index (κ1) is 33.7. The van der Waals surface area contributed by atoms with Crippen molar-refractivity contribution in [3.63, 3.8) is 0 Å². The van der Waals surface area contributed by atoms with E-state index in [9.17, 15) is 0 Å². The van der Waals surface area contributed by atoms with Crippen molar-refractivity contribution in [2.45, 2.75) is 0 Å². The van der Waals surface area contributed by atoms with E-state index in [2.05, 4.69) is 82.6 Å². The second kappa shape index (κ2) is 16.3. The van der Waals surface area contributed by atoms with E-state index in [0.29, 0.717) is 25.2 Å². The van der Waals surface area contributed by atoms with E-state index >= 15 is 0 Å². The van der Waals surface area contributed by atoms with Gasteiger partial charge in [0.05, 0.1) is 4.47 Å². The maximum atomic E-state index is 8.28. The molecule has 0 bridgehead atoms. The molecule has 2 heterocycles. The van der Waals surface area contributed by atoms with Crippen LogP contribution in [0.25, 0.3) is 56.2 Å². The van der Waals surface area contributed by atoms with Crippen LogP contribution in [0.1, 0.15) is 0 Å². The molecule has 1 N–H and O–H groups in total. The molecule has 0 aliphatic heterocycles. The average Bonchev–Trinajstić information content (AvgIpc) is 3.76. The molecule has 6 aromatic carbocycles. The van der Waals surface area contributed by atoms with Crippen molar-refractivity contribution < 1.29 is 18.5 Å². The summed E-state index contributed by atoms with van der Waals surface area (Å²) in [4.78, 5) is 8.97. The van der Waals surface area contributed by atoms with Crippen LogP contribution in [0.3, 0.4) is 0 Å². The molecule has 48 heavy (non-hydrogen) atoms. The molecular weight excluding hydrogens is 846 g/mol. The maximum absolute atomic E-state index is 8.28. The third kappa shape index (κ3) is 8.43. The second-order valence-electron chi connectivity index (χ2n) is 10.2. The van der Waals surface area contributed by atoms with Crippen LogP contribution in [0, 0.1) is 3.57 Å². The summed E-state index contributed by atoms with van der Waals surface area (Å²) >= 11 is 9.11. The molecule has 0 saturated heterocycles. The first-order valence-corrected chi connectivity index (χ1v) is 17.3. The smallest absolute Gasteiger partial charge is 0.537 e. The molecule has 0 unspecified atom stereocenters. The van der Waals surface area contributed by atoms with Crippen LogP contribution in [0.15, 0.2) is 163 Å². The molecule has 8 aromatic rings. The normalized spacial score (nSPS) is 10.5. The van der Waals surface area contributed by atoms with Crippen LogP contribution in [-0.2, 0) is 0 Å². The third-order valence-corrected chi connectivity index (χ3v) is 9.08. The SMILES string of the molecule is Brc1ccccc1-c1ccc(-c2nc3ccccc3o2)cc1.Ic1ccc(-c2nc3ccccc3o2)cc1.O[B]Oc1ccccc1Br. The van der Waals surface area contributed by atoms with Crippen LogP contribution >= 0.6 is 54.5 Å². The van der Waals surface area contributed by atoms with Gasteiger partial charge in [-0.15, -0.1) is 0 Å². The average molecular weight is 871 g/mol. The highest BCUT2D eigenvalue weighted by molar-refractivity contribution is 14.1. The molecule has 0 aliphatic carbocycles. The Hall–Kier alpha value is -4.23. The van der Waals surface area contributed by atoms with E-state index in [4.69, 9.17) is 18.5 Å². The van der Waals surface area contributed by atoms with Gasteiger partial charge in [-0.25, -0.2) is 9.97 Å². The Balaban J connectivity index is 0.000000135. The molecule has 0 atom stereocenters. The number of para-hydroxylation sites is 5. The summed E-state index contributed by atoms with van der Waals surface area (Å²) in [6.07, 6.45) is 0. The lowest BCUT2D eigenvalue weighted by atomic mass is 10.0. The summed E-state index contributed by atoms with van der Waals surface area (Å²) in [6, 6.07) is 47.5. The lowest BCUT2D eigenvalue weighted by molar-refractivity contribution is 0.452.